The maximum Gasteiger partial charge on any atom is 0.171 e. The Kier molecular flexibility index (Phi) is 3.57. The molecule has 4 nitrogen and oxygen atoms in total. The summed E-state index contributed by atoms with van der Waals surface area (Å²) in [5.74, 6) is 1.54. The predicted octanol–water partition coefficient (Wildman–Crippen LogP) is 2.59. The molecule has 0 aliphatic carbocycles. The van der Waals surface area contributed by atoms with Gasteiger partial charge in [0.1, 0.15) is 10.9 Å². The molecule has 19 heavy (non-hydrogen) atoms. The molecule has 0 amide bonds. The number of aliphatic imine (C=N–C) groups is 2. The van der Waals surface area contributed by atoms with Gasteiger partial charge in [0.2, 0.25) is 0 Å². The van der Waals surface area contributed by atoms with E-state index in [2.05, 4.69) is 10.3 Å². The maximum absolute atomic E-state index is 5.90. The second-order valence-electron chi connectivity index (χ2n) is 4.70. The van der Waals surface area contributed by atoms with Crippen molar-refractivity contribution >= 4 is 28.3 Å². The van der Waals surface area contributed by atoms with Gasteiger partial charge in [0.25, 0.3) is 0 Å². The van der Waals surface area contributed by atoms with Gasteiger partial charge in [-0.3, -0.25) is 4.99 Å². The molecule has 1 aromatic rings. The van der Waals surface area contributed by atoms with Crippen LogP contribution in [-0.2, 0) is 4.74 Å². The Hall–Kier alpha value is -1.33. The van der Waals surface area contributed by atoms with Crippen LogP contribution in [0.25, 0.3) is 0 Å². The summed E-state index contributed by atoms with van der Waals surface area (Å²) in [5, 5.41) is 4.33. The third-order valence-electron chi connectivity index (χ3n) is 3.29. The van der Waals surface area contributed by atoms with E-state index in [-0.39, 0.29) is 0 Å². The monoisotopic (exact) mass is 275 g/mol. The molecule has 3 rings (SSSR count). The maximum atomic E-state index is 5.90. The van der Waals surface area contributed by atoms with Crippen molar-refractivity contribution in [3.05, 3.63) is 30.3 Å². The van der Waals surface area contributed by atoms with E-state index in [1.807, 2.05) is 37.3 Å². The molecule has 1 fully saturated rings. The van der Waals surface area contributed by atoms with Gasteiger partial charge in [-0.15, -0.1) is 0 Å². The van der Waals surface area contributed by atoms with Crippen LogP contribution >= 0.6 is 11.8 Å². The molecule has 0 aromatic heterocycles. The number of hydrogen-bond donors (Lipinski definition) is 1. The van der Waals surface area contributed by atoms with Crippen molar-refractivity contribution in [3.8, 4) is 0 Å². The highest BCUT2D eigenvalue weighted by molar-refractivity contribution is 8.14. The summed E-state index contributed by atoms with van der Waals surface area (Å²) >= 11 is 1.64. The number of amidine groups is 1. The third-order valence-corrected chi connectivity index (χ3v) is 4.28. The van der Waals surface area contributed by atoms with E-state index < -0.39 is 5.60 Å². The zero-order valence-corrected chi connectivity index (χ0v) is 11.7. The number of nitrogens with zero attached hydrogens (tertiary/aromatic N) is 2. The van der Waals surface area contributed by atoms with Gasteiger partial charge in [-0.25, -0.2) is 4.99 Å². The first-order valence-electron chi connectivity index (χ1n) is 6.49. The van der Waals surface area contributed by atoms with Crippen LogP contribution in [0.2, 0.25) is 0 Å². The topological polar surface area (TPSA) is 46.0 Å². The molecule has 1 unspecified atom stereocenters. The van der Waals surface area contributed by atoms with Gasteiger partial charge >= 0.3 is 0 Å². The van der Waals surface area contributed by atoms with Crippen LogP contribution in [0.1, 0.15) is 13.3 Å². The molecule has 1 aromatic carbocycles. The van der Waals surface area contributed by atoms with Gasteiger partial charge in [0.15, 0.2) is 5.60 Å². The Bertz CT molecular complexity index is 515. The van der Waals surface area contributed by atoms with Crippen molar-refractivity contribution in [1.82, 2.24) is 5.32 Å². The minimum Gasteiger partial charge on any atom is -0.371 e. The highest BCUT2D eigenvalue weighted by Crippen LogP contribution is 2.33. The van der Waals surface area contributed by atoms with E-state index in [1.165, 1.54) is 0 Å². The Balaban J connectivity index is 1.92. The SMILES string of the molecule is CC1(C2=NCCCN2)OCSC1=Nc1ccccc1. The fourth-order valence-corrected chi connectivity index (χ4v) is 3.19. The fourth-order valence-electron chi connectivity index (χ4n) is 2.18. The second-order valence-corrected chi connectivity index (χ2v) is 5.61. The average molecular weight is 275 g/mol. The lowest BCUT2D eigenvalue weighted by Crippen LogP contribution is -2.50. The van der Waals surface area contributed by atoms with Gasteiger partial charge in [-0.1, -0.05) is 30.0 Å². The number of nitrogens with one attached hydrogen (secondary N) is 1. The second kappa shape index (κ2) is 5.35. The molecule has 1 atom stereocenters. The van der Waals surface area contributed by atoms with Crippen LogP contribution in [0.4, 0.5) is 5.69 Å². The van der Waals surface area contributed by atoms with Crippen LogP contribution in [0.15, 0.2) is 40.3 Å². The summed E-state index contributed by atoms with van der Waals surface area (Å²) in [6.07, 6.45) is 1.08. The van der Waals surface area contributed by atoms with Crippen molar-refractivity contribution in [2.45, 2.75) is 18.9 Å². The fraction of sp³-hybridized carbons (Fsp3) is 0.429. The molecule has 5 heteroatoms. The minimum atomic E-state index is -0.513. The van der Waals surface area contributed by atoms with E-state index in [4.69, 9.17) is 9.73 Å². The number of hydrogen-bond acceptors (Lipinski definition) is 5. The highest BCUT2D eigenvalue weighted by Gasteiger charge is 2.43. The summed E-state index contributed by atoms with van der Waals surface area (Å²) in [6.45, 7) is 3.87. The Morgan fingerprint density at radius 1 is 1.37 bits per heavy atom. The number of benzene rings is 1. The van der Waals surface area contributed by atoms with E-state index >= 15 is 0 Å². The van der Waals surface area contributed by atoms with Crippen LogP contribution in [0, 0.1) is 0 Å². The largest absolute Gasteiger partial charge is 0.371 e. The van der Waals surface area contributed by atoms with Gasteiger partial charge in [0.05, 0.1) is 11.6 Å². The molecule has 0 radical (unpaired) electrons. The summed E-state index contributed by atoms with van der Waals surface area (Å²) in [7, 11) is 0. The predicted molar refractivity (Wildman–Crippen MR) is 80.4 cm³/mol. The average Bonchev–Trinajstić information content (AvgIpc) is 2.84. The van der Waals surface area contributed by atoms with E-state index in [1.54, 1.807) is 11.8 Å². The van der Waals surface area contributed by atoms with E-state index in [0.717, 1.165) is 36.1 Å². The highest BCUT2D eigenvalue weighted by atomic mass is 32.2. The van der Waals surface area contributed by atoms with Gasteiger partial charge in [0, 0.05) is 13.1 Å². The standard InChI is InChI=1S/C14H17N3OS/c1-14(12-15-8-5-9-16-12)13(19-10-18-14)17-11-6-3-2-4-7-11/h2-4,6-7H,5,8-10H2,1H3,(H,15,16). The lowest BCUT2D eigenvalue weighted by Gasteiger charge is -2.28. The smallest absolute Gasteiger partial charge is 0.171 e. The summed E-state index contributed by atoms with van der Waals surface area (Å²) < 4.78 is 5.90. The third kappa shape index (κ3) is 2.53. The number of ether oxygens (including phenoxy) is 1. The lowest BCUT2D eigenvalue weighted by molar-refractivity contribution is 0.118. The molecule has 0 bridgehead atoms. The van der Waals surface area contributed by atoms with Gasteiger partial charge in [-0.2, -0.15) is 0 Å². The first-order valence-corrected chi connectivity index (χ1v) is 7.47. The van der Waals surface area contributed by atoms with Crippen molar-refractivity contribution in [2.75, 3.05) is 19.0 Å². The first kappa shape index (κ1) is 12.7. The van der Waals surface area contributed by atoms with Crippen molar-refractivity contribution in [3.63, 3.8) is 0 Å². The number of thioether (sulfide) groups is 1. The van der Waals surface area contributed by atoms with Crippen molar-refractivity contribution in [2.24, 2.45) is 9.98 Å². The summed E-state index contributed by atoms with van der Waals surface area (Å²) in [4.78, 5) is 9.28. The zero-order valence-electron chi connectivity index (χ0n) is 10.9. The minimum absolute atomic E-state index is 0.513. The number of para-hydroxylation sites is 1. The summed E-state index contributed by atoms with van der Waals surface area (Å²) in [5.41, 5.74) is 0.444. The van der Waals surface area contributed by atoms with E-state index in [0.29, 0.717) is 5.94 Å². The molecule has 100 valence electrons. The van der Waals surface area contributed by atoms with Crippen LogP contribution < -0.4 is 5.32 Å². The molecule has 1 N–H and O–H groups in total. The molecule has 2 heterocycles. The van der Waals surface area contributed by atoms with Crippen molar-refractivity contribution < 1.29 is 4.74 Å². The molecule has 1 saturated heterocycles. The first-order chi connectivity index (χ1) is 9.29. The van der Waals surface area contributed by atoms with Crippen LogP contribution in [0.3, 0.4) is 0 Å². The Morgan fingerprint density at radius 3 is 2.95 bits per heavy atom. The Morgan fingerprint density at radius 2 is 2.21 bits per heavy atom. The molecule has 2 aliphatic rings. The quantitative estimate of drug-likeness (QED) is 0.902. The van der Waals surface area contributed by atoms with Crippen LogP contribution in [0.5, 0.6) is 0 Å². The zero-order chi connectivity index (χ0) is 13.1. The lowest BCUT2D eigenvalue weighted by atomic mass is 10.1. The van der Waals surface area contributed by atoms with E-state index in [9.17, 15) is 0 Å². The molecule has 0 spiro atoms. The van der Waals surface area contributed by atoms with Crippen molar-refractivity contribution in [1.29, 1.82) is 0 Å². The van der Waals surface area contributed by atoms with Gasteiger partial charge < -0.3 is 10.1 Å². The molecular weight excluding hydrogens is 258 g/mol. The molecule has 2 aliphatic heterocycles. The van der Waals surface area contributed by atoms with Crippen LogP contribution in [-0.4, -0.2) is 35.5 Å². The normalized spacial score (nSPS) is 29.1. The summed E-state index contributed by atoms with van der Waals surface area (Å²) in [6, 6.07) is 9.99. The molecular formula is C14H17N3OS. The van der Waals surface area contributed by atoms with Gasteiger partial charge in [-0.05, 0) is 25.5 Å². The Labute approximate surface area is 117 Å². The number of rotatable bonds is 2. The molecule has 0 saturated carbocycles.